The number of hydrogen-bond acceptors (Lipinski definition) is 5. The predicted molar refractivity (Wildman–Crippen MR) is 85.8 cm³/mol. The van der Waals surface area contributed by atoms with Gasteiger partial charge in [-0.1, -0.05) is 35.5 Å². The highest BCUT2D eigenvalue weighted by Gasteiger charge is 2.22. The third kappa shape index (κ3) is 3.00. The van der Waals surface area contributed by atoms with Gasteiger partial charge in [0.15, 0.2) is 5.82 Å². The van der Waals surface area contributed by atoms with E-state index in [9.17, 15) is 0 Å². The van der Waals surface area contributed by atoms with Crippen molar-refractivity contribution >= 4 is 0 Å². The van der Waals surface area contributed by atoms with Crippen molar-refractivity contribution in [3.63, 3.8) is 0 Å². The summed E-state index contributed by atoms with van der Waals surface area (Å²) in [6, 6.07) is 14.1. The third-order valence-electron chi connectivity index (χ3n) is 4.05. The fourth-order valence-corrected chi connectivity index (χ4v) is 2.81. The third-order valence-corrected chi connectivity index (χ3v) is 4.05. The van der Waals surface area contributed by atoms with Crippen LogP contribution in [0.25, 0.3) is 22.7 Å². The van der Waals surface area contributed by atoms with Gasteiger partial charge in [0.05, 0.1) is 6.61 Å². The SMILES string of the molecule is c1ccc(-c2ccnc(-c3nc(C4CCCOC4)no3)c2)cc1. The second kappa shape index (κ2) is 6.30. The average Bonchev–Trinajstić information content (AvgIpc) is 3.14. The Morgan fingerprint density at radius 1 is 1.04 bits per heavy atom. The van der Waals surface area contributed by atoms with Crippen LogP contribution in [0.2, 0.25) is 0 Å². The topological polar surface area (TPSA) is 61.0 Å². The quantitative estimate of drug-likeness (QED) is 0.738. The van der Waals surface area contributed by atoms with Crippen LogP contribution in [0.4, 0.5) is 0 Å². The molecule has 1 aliphatic heterocycles. The number of ether oxygens (including phenoxy) is 1. The average molecular weight is 307 g/mol. The van der Waals surface area contributed by atoms with Gasteiger partial charge in [0.2, 0.25) is 0 Å². The van der Waals surface area contributed by atoms with Crippen molar-refractivity contribution in [1.29, 1.82) is 0 Å². The molecule has 1 aromatic carbocycles. The van der Waals surface area contributed by atoms with Gasteiger partial charge >= 0.3 is 0 Å². The molecule has 1 aliphatic rings. The van der Waals surface area contributed by atoms with Crippen molar-refractivity contribution in [3.8, 4) is 22.7 Å². The predicted octanol–water partition coefficient (Wildman–Crippen LogP) is 3.69. The minimum atomic E-state index is 0.221. The van der Waals surface area contributed by atoms with E-state index in [1.54, 1.807) is 6.20 Å². The maximum atomic E-state index is 5.49. The molecule has 0 spiro atoms. The number of nitrogens with zero attached hydrogens (tertiary/aromatic N) is 3. The van der Waals surface area contributed by atoms with Crippen LogP contribution in [0.15, 0.2) is 53.2 Å². The van der Waals surface area contributed by atoms with Crippen LogP contribution in [0.5, 0.6) is 0 Å². The zero-order valence-corrected chi connectivity index (χ0v) is 12.7. The van der Waals surface area contributed by atoms with Crippen molar-refractivity contribution < 1.29 is 9.26 Å². The van der Waals surface area contributed by atoms with E-state index in [0.717, 1.165) is 30.6 Å². The van der Waals surface area contributed by atoms with Crippen LogP contribution >= 0.6 is 0 Å². The molecule has 2 aromatic heterocycles. The van der Waals surface area contributed by atoms with Crippen LogP contribution in [0, 0.1) is 0 Å². The molecule has 23 heavy (non-hydrogen) atoms. The Morgan fingerprint density at radius 3 is 2.78 bits per heavy atom. The summed E-state index contributed by atoms with van der Waals surface area (Å²) < 4.78 is 10.9. The van der Waals surface area contributed by atoms with Gasteiger partial charge in [0, 0.05) is 18.7 Å². The second-order valence-corrected chi connectivity index (χ2v) is 5.67. The van der Waals surface area contributed by atoms with Gasteiger partial charge in [0.1, 0.15) is 5.69 Å². The molecule has 116 valence electrons. The molecular formula is C18H17N3O2. The summed E-state index contributed by atoms with van der Waals surface area (Å²) in [5.74, 6) is 1.40. The largest absolute Gasteiger partial charge is 0.381 e. The molecular weight excluding hydrogens is 290 g/mol. The molecule has 0 aliphatic carbocycles. The summed E-state index contributed by atoms with van der Waals surface area (Å²) in [4.78, 5) is 8.88. The van der Waals surface area contributed by atoms with E-state index < -0.39 is 0 Å². The molecule has 0 amide bonds. The molecule has 1 atom stereocenters. The Morgan fingerprint density at radius 2 is 1.96 bits per heavy atom. The number of benzene rings is 1. The molecule has 4 rings (SSSR count). The van der Waals surface area contributed by atoms with E-state index in [1.807, 2.05) is 30.3 Å². The number of aromatic nitrogens is 3. The van der Waals surface area contributed by atoms with E-state index in [0.29, 0.717) is 24.0 Å². The maximum Gasteiger partial charge on any atom is 0.276 e. The van der Waals surface area contributed by atoms with E-state index in [4.69, 9.17) is 9.26 Å². The van der Waals surface area contributed by atoms with Crippen molar-refractivity contribution in [1.82, 2.24) is 15.1 Å². The summed E-state index contributed by atoms with van der Waals surface area (Å²) in [5, 5.41) is 4.11. The van der Waals surface area contributed by atoms with E-state index in [-0.39, 0.29) is 5.92 Å². The van der Waals surface area contributed by atoms with Crippen molar-refractivity contribution in [2.45, 2.75) is 18.8 Å². The lowest BCUT2D eigenvalue weighted by Gasteiger charge is -2.18. The number of hydrogen-bond donors (Lipinski definition) is 0. The molecule has 1 saturated heterocycles. The standard InChI is InChI=1S/C18H17N3O2/c1-2-5-13(6-3-1)14-8-9-19-16(11-14)18-20-17(21-23-18)15-7-4-10-22-12-15/h1-3,5-6,8-9,11,15H,4,7,10,12H2. The smallest absolute Gasteiger partial charge is 0.276 e. The van der Waals surface area contributed by atoms with Crippen LogP contribution in [-0.2, 0) is 4.74 Å². The van der Waals surface area contributed by atoms with Gasteiger partial charge in [-0.25, -0.2) is 0 Å². The summed E-state index contributed by atoms with van der Waals surface area (Å²) in [5.41, 5.74) is 2.91. The van der Waals surface area contributed by atoms with Crippen LogP contribution in [-0.4, -0.2) is 28.3 Å². The molecule has 1 fully saturated rings. The zero-order chi connectivity index (χ0) is 15.5. The van der Waals surface area contributed by atoms with Gasteiger partial charge < -0.3 is 9.26 Å². The summed E-state index contributed by atoms with van der Waals surface area (Å²) in [6.07, 6.45) is 3.85. The van der Waals surface area contributed by atoms with Gasteiger partial charge in [0.25, 0.3) is 5.89 Å². The monoisotopic (exact) mass is 307 g/mol. The Labute approximate surface area is 134 Å². The van der Waals surface area contributed by atoms with Gasteiger partial charge in [-0.2, -0.15) is 4.98 Å². The maximum absolute atomic E-state index is 5.49. The first-order valence-electron chi connectivity index (χ1n) is 7.83. The van der Waals surface area contributed by atoms with Gasteiger partial charge in [-0.05, 0) is 36.1 Å². The van der Waals surface area contributed by atoms with E-state index in [1.165, 1.54) is 0 Å². The lowest BCUT2D eigenvalue weighted by atomic mass is 10.0. The minimum absolute atomic E-state index is 0.221. The Kier molecular flexibility index (Phi) is 3.86. The second-order valence-electron chi connectivity index (χ2n) is 5.67. The molecule has 0 saturated carbocycles. The van der Waals surface area contributed by atoms with Gasteiger partial charge in [-0.15, -0.1) is 0 Å². The Hall–Kier alpha value is -2.53. The Bertz CT molecular complexity index is 780. The molecule has 0 bridgehead atoms. The summed E-state index contributed by atoms with van der Waals surface area (Å²) in [7, 11) is 0. The highest BCUT2D eigenvalue weighted by atomic mass is 16.5. The van der Waals surface area contributed by atoms with E-state index >= 15 is 0 Å². The number of pyridine rings is 1. The molecule has 1 unspecified atom stereocenters. The van der Waals surface area contributed by atoms with Crippen LogP contribution in [0.1, 0.15) is 24.6 Å². The zero-order valence-electron chi connectivity index (χ0n) is 12.7. The first-order valence-corrected chi connectivity index (χ1v) is 7.83. The summed E-state index contributed by atoms with van der Waals surface area (Å²) >= 11 is 0. The van der Waals surface area contributed by atoms with Crippen LogP contribution in [0.3, 0.4) is 0 Å². The summed E-state index contributed by atoms with van der Waals surface area (Å²) in [6.45, 7) is 1.48. The highest BCUT2D eigenvalue weighted by Crippen LogP contribution is 2.27. The first-order chi connectivity index (χ1) is 11.4. The molecule has 3 heterocycles. The molecule has 0 N–H and O–H groups in total. The van der Waals surface area contributed by atoms with Gasteiger partial charge in [-0.3, -0.25) is 4.98 Å². The normalized spacial score (nSPS) is 18.0. The van der Waals surface area contributed by atoms with Crippen molar-refractivity contribution in [2.75, 3.05) is 13.2 Å². The Balaban J connectivity index is 1.62. The van der Waals surface area contributed by atoms with Crippen molar-refractivity contribution in [2.24, 2.45) is 0 Å². The molecule has 5 heteroatoms. The lowest BCUT2D eigenvalue weighted by Crippen LogP contribution is -2.16. The number of rotatable bonds is 3. The lowest BCUT2D eigenvalue weighted by molar-refractivity contribution is 0.0773. The molecule has 3 aromatic rings. The molecule has 0 radical (unpaired) electrons. The first kappa shape index (κ1) is 14.1. The highest BCUT2D eigenvalue weighted by molar-refractivity contribution is 5.67. The fourth-order valence-electron chi connectivity index (χ4n) is 2.81. The fraction of sp³-hybridized carbons (Fsp3) is 0.278. The molecule has 5 nitrogen and oxygen atoms in total. The minimum Gasteiger partial charge on any atom is -0.381 e. The van der Waals surface area contributed by atoms with Crippen LogP contribution < -0.4 is 0 Å². The van der Waals surface area contributed by atoms with Crippen molar-refractivity contribution in [3.05, 3.63) is 54.5 Å². The van der Waals surface area contributed by atoms with E-state index in [2.05, 4.69) is 27.3 Å².